The smallest absolute Gasteiger partial charge is 0.289 e. The van der Waals surface area contributed by atoms with Gasteiger partial charge in [-0.3, -0.25) is 19.2 Å². The number of likely N-dealkylation sites (tertiary alicyclic amines) is 1. The molecule has 12 nitrogen and oxygen atoms in total. The number of amides is 3. The van der Waals surface area contributed by atoms with Crippen molar-refractivity contribution in [3.63, 3.8) is 0 Å². The van der Waals surface area contributed by atoms with Gasteiger partial charge < -0.3 is 25.6 Å². The predicted molar refractivity (Wildman–Crippen MR) is 192 cm³/mol. The number of hydrogen-bond acceptors (Lipinski definition) is 8. The summed E-state index contributed by atoms with van der Waals surface area (Å²) in [6.07, 6.45) is 4.66. The normalized spacial score (nSPS) is 19.5. The molecule has 2 saturated heterocycles. The third-order valence-corrected chi connectivity index (χ3v) is 10.2. The maximum Gasteiger partial charge on any atom is 0.289 e. The van der Waals surface area contributed by atoms with Gasteiger partial charge in [-0.25, -0.2) is 13.1 Å². The minimum absolute atomic E-state index is 0.0478. The molecule has 2 aromatic rings. The van der Waals surface area contributed by atoms with Gasteiger partial charge in [0, 0.05) is 24.5 Å². The van der Waals surface area contributed by atoms with E-state index < -0.39 is 57.8 Å². The Morgan fingerprint density at radius 3 is 2.34 bits per heavy atom. The molecule has 4 rings (SSSR count). The molecule has 14 heteroatoms. The zero-order valence-electron chi connectivity index (χ0n) is 28.9. The molecule has 0 saturated carbocycles. The lowest BCUT2D eigenvalue weighted by Gasteiger charge is -2.30. The summed E-state index contributed by atoms with van der Waals surface area (Å²) >= 11 is 6.02. The van der Waals surface area contributed by atoms with E-state index in [0.29, 0.717) is 30.2 Å². The van der Waals surface area contributed by atoms with Crippen molar-refractivity contribution in [1.82, 2.24) is 25.6 Å². The van der Waals surface area contributed by atoms with E-state index >= 15 is 0 Å². The van der Waals surface area contributed by atoms with Gasteiger partial charge in [-0.1, -0.05) is 67.4 Å². The van der Waals surface area contributed by atoms with Gasteiger partial charge in [-0.15, -0.1) is 0 Å². The quantitative estimate of drug-likeness (QED) is 0.170. The van der Waals surface area contributed by atoms with Crippen LogP contribution in [0.15, 0.2) is 54.6 Å². The second-order valence-electron chi connectivity index (χ2n) is 13.2. The van der Waals surface area contributed by atoms with Crippen molar-refractivity contribution in [2.45, 2.75) is 89.1 Å². The summed E-state index contributed by atoms with van der Waals surface area (Å²) in [6, 6.07) is 13.5. The Labute approximate surface area is 300 Å². The fourth-order valence-corrected chi connectivity index (χ4v) is 7.37. The summed E-state index contributed by atoms with van der Waals surface area (Å²) < 4.78 is 33.5. The highest BCUT2D eigenvalue weighted by Gasteiger charge is 2.44. The molecule has 3 amide bonds. The van der Waals surface area contributed by atoms with E-state index in [9.17, 15) is 27.6 Å². The number of hydrogen-bond donors (Lipinski definition) is 4. The van der Waals surface area contributed by atoms with Crippen molar-refractivity contribution in [1.29, 1.82) is 0 Å². The molecule has 0 radical (unpaired) electrons. The molecule has 4 N–H and O–H groups in total. The first kappa shape index (κ1) is 39.4. The van der Waals surface area contributed by atoms with Gasteiger partial charge in [-0.2, -0.15) is 0 Å². The van der Waals surface area contributed by atoms with Gasteiger partial charge >= 0.3 is 0 Å². The molecule has 2 aromatic carbocycles. The number of Topliss-reactive ketones (excluding diaryl/α,β-unsaturated/α-hetero) is 1. The molecule has 0 aromatic heterocycles. The van der Waals surface area contributed by atoms with Crippen LogP contribution in [0.4, 0.5) is 0 Å². The van der Waals surface area contributed by atoms with E-state index in [1.165, 1.54) is 4.90 Å². The van der Waals surface area contributed by atoms with Crippen molar-refractivity contribution >= 4 is 45.1 Å². The van der Waals surface area contributed by atoms with Crippen LogP contribution in [0, 0.1) is 5.92 Å². The Morgan fingerprint density at radius 2 is 1.68 bits per heavy atom. The number of sulfonamides is 1. The molecule has 2 aliphatic heterocycles. The van der Waals surface area contributed by atoms with Gasteiger partial charge in [-0.05, 0) is 80.8 Å². The van der Waals surface area contributed by atoms with Crippen LogP contribution in [0.1, 0.15) is 63.0 Å². The topological polar surface area (TPSA) is 163 Å². The van der Waals surface area contributed by atoms with Crippen LogP contribution in [-0.2, 0) is 47.0 Å². The average Bonchev–Trinajstić information content (AvgIpc) is 3.54. The summed E-state index contributed by atoms with van der Waals surface area (Å²) in [6.45, 7) is 4.09. The van der Waals surface area contributed by atoms with Crippen LogP contribution in [0.5, 0.6) is 0 Å². The SMILES string of the molecule is CCC[C@H](NC(=O)[C@@H]1C[C@@H](OCc2ccc(Cl)cc2)CN1C(=O)[C@@H](CCC1CCNCC1)NS(C)(=O)=O)C(=O)C(=O)NCCc1ccccc1. The molecular weight excluding hydrogens is 682 g/mol. The molecular formula is C36H50ClN5O7S. The molecule has 0 aliphatic carbocycles. The Balaban J connectivity index is 1.48. The first-order valence-corrected chi connectivity index (χ1v) is 19.7. The van der Waals surface area contributed by atoms with Crippen molar-refractivity contribution in [3.8, 4) is 0 Å². The van der Waals surface area contributed by atoms with Crippen molar-refractivity contribution in [3.05, 3.63) is 70.7 Å². The van der Waals surface area contributed by atoms with Gasteiger partial charge in [0.25, 0.3) is 5.91 Å². The maximum absolute atomic E-state index is 14.2. The standard InChI is InChI=1S/C36H50ClN5O7S/c1-3-7-30(33(43)35(45)39-21-18-25-8-5-4-6-9-25)40-34(44)32-22-29(49-24-27-10-13-28(37)14-11-27)23-42(32)36(46)31(41-50(2,47)48)15-12-26-16-19-38-20-17-26/h4-6,8-11,13-14,26,29-32,38,41H,3,7,12,15-24H2,1-2H3,(H,39,45)(H,40,44)/t29-,30+,31-,32+/m1/s1. The van der Waals surface area contributed by atoms with E-state index in [1.807, 2.05) is 49.4 Å². The highest BCUT2D eigenvalue weighted by molar-refractivity contribution is 7.88. The number of carbonyl (C=O) groups excluding carboxylic acids is 4. The molecule has 50 heavy (non-hydrogen) atoms. The third-order valence-electron chi connectivity index (χ3n) is 9.20. The molecule has 0 spiro atoms. The summed E-state index contributed by atoms with van der Waals surface area (Å²) in [5.41, 5.74) is 1.86. The number of ether oxygens (including phenoxy) is 1. The molecule has 0 bridgehead atoms. The second-order valence-corrected chi connectivity index (χ2v) is 15.4. The zero-order valence-corrected chi connectivity index (χ0v) is 30.4. The highest BCUT2D eigenvalue weighted by atomic mass is 35.5. The van der Waals surface area contributed by atoms with Crippen molar-refractivity contribution in [2.24, 2.45) is 5.92 Å². The van der Waals surface area contributed by atoms with Gasteiger partial charge in [0.05, 0.1) is 25.0 Å². The van der Waals surface area contributed by atoms with E-state index in [4.69, 9.17) is 16.3 Å². The maximum atomic E-state index is 14.2. The Hall–Kier alpha value is -3.36. The number of benzene rings is 2. The van der Waals surface area contributed by atoms with Gasteiger partial charge in [0.1, 0.15) is 12.1 Å². The van der Waals surface area contributed by atoms with Crippen LogP contribution in [0.25, 0.3) is 0 Å². The van der Waals surface area contributed by atoms with Crippen LogP contribution in [0.2, 0.25) is 5.02 Å². The summed E-state index contributed by atoms with van der Waals surface area (Å²) in [7, 11) is -3.77. The number of piperidine rings is 1. The molecule has 2 heterocycles. The Bertz CT molecular complexity index is 1540. The number of nitrogens with one attached hydrogen (secondary N) is 4. The van der Waals surface area contributed by atoms with E-state index in [2.05, 4.69) is 20.7 Å². The highest BCUT2D eigenvalue weighted by Crippen LogP contribution is 2.26. The van der Waals surface area contributed by atoms with Crippen LogP contribution >= 0.6 is 11.6 Å². The van der Waals surface area contributed by atoms with E-state index in [1.54, 1.807) is 12.1 Å². The summed E-state index contributed by atoms with van der Waals surface area (Å²) in [5.74, 6) is -2.34. The second kappa shape index (κ2) is 19.3. The van der Waals surface area contributed by atoms with Gasteiger partial charge in [0.2, 0.25) is 27.6 Å². The monoisotopic (exact) mass is 731 g/mol. The molecule has 4 atom stereocenters. The van der Waals surface area contributed by atoms with Crippen LogP contribution in [-0.4, -0.2) is 93.5 Å². The number of rotatable bonds is 18. The number of ketones is 1. The molecule has 2 fully saturated rings. The molecule has 274 valence electrons. The predicted octanol–water partition coefficient (Wildman–Crippen LogP) is 2.74. The van der Waals surface area contributed by atoms with Crippen molar-refractivity contribution in [2.75, 3.05) is 32.4 Å². The summed E-state index contributed by atoms with van der Waals surface area (Å²) in [4.78, 5) is 55.6. The first-order chi connectivity index (χ1) is 23.9. The largest absolute Gasteiger partial charge is 0.372 e. The van der Waals surface area contributed by atoms with E-state index in [0.717, 1.165) is 43.3 Å². The fraction of sp³-hybridized carbons (Fsp3) is 0.556. The summed E-state index contributed by atoms with van der Waals surface area (Å²) in [5, 5.41) is 9.30. The first-order valence-electron chi connectivity index (χ1n) is 17.4. The number of nitrogens with zero attached hydrogens (tertiary/aromatic N) is 1. The minimum atomic E-state index is -3.77. The van der Waals surface area contributed by atoms with E-state index in [-0.39, 0.29) is 39.0 Å². The Kier molecular flexibility index (Phi) is 15.2. The zero-order chi connectivity index (χ0) is 36.1. The fourth-order valence-electron chi connectivity index (χ4n) is 6.50. The molecule has 2 aliphatic rings. The van der Waals surface area contributed by atoms with Crippen LogP contribution < -0.4 is 20.7 Å². The average molecular weight is 732 g/mol. The molecule has 0 unspecified atom stereocenters. The number of halogens is 1. The lowest BCUT2D eigenvalue weighted by Crippen LogP contribution is -2.56. The van der Waals surface area contributed by atoms with Gasteiger partial charge in [0.15, 0.2) is 0 Å². The lowest BCUT2D eigenvalue weighted by molar-refractivity contribution is -0.142. The Morgan fingerprint density at radius 1 is 0.980 bits per heavy atom. The lowest BCUT2D eigenvalue weighted by atomic mass is 9.91. The minimum Gasteiger partial charge on any atom is -0.372 e. The van der Waals surface area contributed by atoms with Crippen molar-refractivity contribution < 1.29 is 32.3 Å². The van der Waals surface area contributed by atoms with Crippen LogP contribution in [0.3, 0.4) is 0 Å². The third kappa shape index (κ3) is 12.4. The number of carbonyl (C=O) groups is 4.